The lowest BCUT2D eigenvalue weighted by molar-refractivity contribution is 0.0937. The maximum Gasteiger partial charge on any atom is 0.261 e. The van der Waals surface area contributed by atoms with Crippen LogP contribution < -0.4 is 11.1 Å². The smallest absolute Gasteiger partial charge is 0.261 e. The third kappa shape index (κ3) is 2.45. The Morgan fingerprint density at radius 2 is 2.22 bits per heavy atom. The maximum absolute atomic E-state index is 12.2. The normalized spacial score (nSPS) is 20.3. The van der Waals surface area contributed by atoms with Gasteiger partial charge in [-0.25, -0.2) is 0 Å². The van der Waals surface area contributed by atoms with Crippen LogP contribution in [0.3, 0.4) is 0 Å². The van der Waals surface area contributed by atoms with Gasteiger partial charge in [0.05, 0.1) is 4.88 Å². The monoisotopic (exact) mass is 264 g/mol. The summed E-state index contributed by atoms with van der Waals surface area (Å²) in [6.45, 7) is 0.557. The molecule has 3 rings (SSSR count). The van der Waals surface area contributed by atoms with E-state index in [-0.39, 0.29) is 11.9 Å². The van der Waals surface area contributed by atoms with E-state index >= 15 is 0 Å². The zero-order chi connectivity index (χ0) is 12.5. The Labute approximate surface area is 112 Å². The van der Waals surface area contributed by atoms with Gasteiger partial charge in [-0.1, -0.05) is 0 Å². The molecule has 2 aliphatic rings. The maximum atomic E-state index is 12.2. The highest BCUT2D eigenvalue weighted by Crippen LogP contribution is 2.33. The molecule has 2 aliphatic carbocycles. The molecule has 1 atom stereocenters. The number of nitrogens with one attached hydrogen (secondary N) is 1. The van der Waals surface area contributed by atoms with Gasteiger partial charge in [-0.3, -0.25) is 4.79 Å². The van der Waals surface area contributed by atoms with Crippen LogP contribution in [0.2, 0.25) is 0 Å². The van der Waals surface area contributed by atoms with E-state index in [0.29, 0.717) is 12.5 Å². The molecule has 3 nitrogen and oxygen atoms in total. The van der Waals surface area contributed by atoms with Gasteiger partial charge in [0.25, 0.3) is 5.91 Å². The number of amides is 1. The van der Waals surface area contributed by atoms with E-state index in [4.69, 9.17) is 5.73 Å². The lowest BCUT2D eigenvalue weighted by atomic mass is 9.99. The molecular weight excluding hydrogens is 244 g/mol. The van der Waals surface area contributed by atoms with E-state index in [2.05, 4.69) is 11.4 Å². The fourth-order valence-electron chi connectivity index (χ4n) is 2.71. The van der Waals surface area contributed by atoms with Gasteiger partial charge in [-0.05, 0) is 56.1 Å². The molecule has 18 heavy (non-hydrogen) atoms. The Bertz CT molecular complexity index is 427. The minimum absolute atomic E-state index is 0.0803. The van der Waals surface area contributed by atoms with Crippen LogP contribution in [0.25, 0.3) is 0 Å². The standard InChI is InChI=1S/C14H20N2OS/c15-8-11(9-5-6-9)16-14(17)13-7-10-3-1-2-4-12(10)18-13/h7,9,11H,1-6,8,15H2,(H,16,17). The van der Waals surface area contributed by atoms with E-state index in [1.165, 1.54) is 36.1 Å². The molecule has 1 saturated carbocycles. The molecule has 1 heterocycles. The second-order valence-electron chi connectivity index (χ2n) is 5.42. The Balaban J connectivity index is 1.69. The average molecular weight is 264 g/mol. The molecule has 0 aliphatic heterocycles. The second-order valence-corrected chi connectivity index (χ2v) is 6.56. The Morgan fingerprint density at radius 1 is 1.44 bits per heavy atom. The highest BCUT2D eigenvalue weighted by atomic mass is 32.1. The highest BCUT2D eigenvalue weighted by Gasteiger charge is 2.31. The summed E-state index contributed by atoms with van der Waals surface area (Å²) in [5.41, 5.74) is 7.12. The summed E-state index contributed by atoms with van der Waals surface area (Å²) in [6.07, 6.45) is 7.24. The molecule has 3 N–H and O–H groups in total. The molecule has 1 unspecified atom stereocenters. The summed E-state index contributed by atoms with van der Waals surface area (Å²) in [5.74, 6) is 0.699. The molecule has 0 spiro atoms. The van der Waals surface area contributed by atoms with Crippen molar-refractivity contribution in [1.82, 2.24) is 5.32 Å². The lowest BCUT2D eigenvalue weighted by Crippen LogP contribution is -2.41. The van der Waals surface area contributed by atoms with Crippen molar-refractivity contribution >= 4 is 17.2 Å². The number of rotatable bonds is 4. The first-order valence-corrected chi connectivity index (χ1v) is 7.72. The molecule has 98 valence electrons. The van der Waals surface area contributed by atoms with Gasteiger partial charge in [0.1, 0.15) is 0 Å². The fraction of sp³-hybridized carbons (Fsp3) is 0.643. The summed E-state index contributed by atoms with van der Waals surface area (Å²) in [6, 6.07) is 2.27. The summed E-state index contributed by atoms with van der Waals surface area (Å²) in [4.78, 5) is 14.5. The number of hydrogen-bond donors (Lipinski definition) is 2. The zero-order valence-electron chi connectivity index (χ0n) is 10.6. The number of thiophene rings is 1. The molecule has 1 fully saturated rings. The predicted molar refractivity (Wildman–Crippen MR) is 74.0 cm³/mol. The van der Waals surface area contributed by atoms with Gasteiger partial charge in [0, 0.05) is 17.5 Å². The number of fused-ring (bicyclic) bond motifs is 1. The average Bonchev–Trinajstić information content (AvgIpc) is 3.13. The van der Waals surface area contributed by atoms with Crippen LogP contribution in [0.1, 0.15) is 45.8 Å². The van der Waals surface area contributed by atoms with Gasteiger partial charge >= 0.3 is 0 Å². The molecule has 0 bridgehead atoms. The molecule has 1 amide bonds. The van der Waals surface area contributed by atoms with Crippen LogP contribution in [-0.2, 0) is 12.8 Å². The van der Waals surface area contributed by atoms with E-state index in [0.717, 1.165) is 17.7 Å². The molecule has 4 heteroatoms. The van der Waals surface area contributed by atoms with Crippen LogP contribution in [0, 0.1) is 5.92 Å². The number of nitrogens with two attached hydrogens (primary N) is 1. The van der Waals surface area contributed by atoms with E-state index < -0.39 is 0 Å². The first-order valence-electron chi connectivity index (χ1n) is 6.90. The number of carbonyl (C=O) groups excluding carboxylic acids is 1. The molecular formula is C14H20N2OS. The summed E-state index contributed by atoms with van der Waals surface area (Å²) >= 11 is 1.68. The lowest BCUT2D eigenvalue weighted by Gasteiger charge is -2.15. The molecule has 1 aromatic heterocycles. The minimum Gasteiger partial charge on any atom is -0.347 e. The topological polar surface area (TPSA) is 55.1 Å². The van der Waals surface area contributed by atoms with Crippen molar-refractivity contribution in [3.63, 3.8) is 0 Å². The van der Waals surface area contributed by atoms with Crippen molar-refractivity contribution in [2.24, 2.45) is 11.7 Å². The summed E-state index contributed by atoms with van der Waals surface area (Å²) in [5, 5.41) is 3.10. The largest absolute Gasteiger partial charge is 0.347 e. The Kier molecular flexibility index (Phi) is 3.39. The van der Waals surface area contributed by atoms with Crippen LogP contribution in [0.5, 0.6) is 0 Å². The SMILES string of the molecule is NCC(NC(=O)c1cc2c(s1)CCCC2)C1CC1. The van der Waals surface area contributed by atoms with E-state index in [1.54, 1.807) is 11.3 Å². The molecule has 0 saturated heterocycles. The fourth-order valence-corrected chi connectivity index (χ4v) is 3.87. The minimum atomic E-state index is 0.0803. The van der Waals surface area contributed by atoms with Gasteiger partial charge in [0.15, 0.2) is 0 Å². The quantitative estimate of drug-likeness (QED) is 0.875. The van der Waals surface area contributed by atoms with Gasteiger partial charge in [-0.2, -0.15) is 0 Å². The van der Waals surface area contributed by atoms with Crippen molar-refractivity contribution in [2.75, 3.05) is 6.54 Å². The third-order valence-corrected chi connectivity index (χ3v) is 5.22. The van der Waals surface area contributed by atoms with Gasteiger partial charge in [0.2, 0.25) is 0 Å². The van der Waals surface area contributed by atoms with Crippen LogP contribution in [0.15, 0.2) is 6.07 Å². The Morgan fingerprint density at radius 3 is 2.89 bits per heavy atom. The molecule has 0 radical (unpaired) electrons. The van der Waals surface area contributed by atoms with Gasteiger partial charge in [-0.15, -0.1) is 11.3 Å². The van der Waals surface area contributed by atoms with Crippen molar-refractivity contribution in [1.29, 1.82) is 0 Å². The van der Waals surface area contributed by atoms with Crippen molar-refractivity contribution in [3.05, 3.63) is 21.4 Å². The third-order valence-electron chi connectivity index (χ3n) is 3.98. The van der Waals surface area contributed by atoms with Gasteiger partial charge < -0.3 is 11.1 Å². The van der Waals surface area contributed by atoms with E-state index in [1.807, 2.05) is 0 Å². The number of hydrogen-bond acceptors (Lipinski definition) is 3. The predicted octanol–water partition coefficient (Wildman–Crippen LogP) is 2.09. The van der Waals surface area contributed by atoms with Crippen LogP contribution >= 0.6 is 11.3 Å². The van der Waals surface area contributed by atoms with Crippen molar-refractivity contribution < 1.29 is 4.79 Å². The van der Waals surface area contributed by atoms with Crippen molar-refractivity contribution in [2.45, 2.75) is 44.6 Å². The first-order chi connectivity index (χ1) is 8.78. The van der Waals surface area contributed by atoms with Crippen LogP contribution in [-0.4, -0.2) is 18.5 Å². The van der Waals surface area contributed by atoms with Crippen LogP contribution in [0.4, 0.5) is 0 Å². The zero-order valence-corrected chi connectivity index (χ0v) is 11.4. The summed E-state index contributed by atoms with van der Waals surface area (Å²) < 4.78 is 0. The highest BCUT2D eigenvalue weighted by molar-refractivity contribution is 7.14. The Hall–Kier alpha value is -0.870. The number of carbonyl (C=O) groups is 1. The number of aryl methyl sites for hydroxylation is 2. The first kappa shape index (κ1) is 12.2. The molecule has 1 aromatic rings. The van der Waals surface area contributed by atoms with E-state index in [9.17, 15) is 4.79 Å². The van der Waals surface area contributed by atoms with Crippen molar-refractivity contribution in [3.8, 4) is 0 Å². The molecule has 0 aromatic carbocycles. The summed E-state index contributed by atoms with van der Waals surface area (Å²) in [7, 11) is 0. The second kappa shape index (κ2) is 5.02.